The van der Waals surface area contributed by atoms with Gasteiger partial charge in [0.05, 0.1) is 5.25 Å². The quantitative estimate of drug-likeness (QED) is 0.694. The van der Waals surface area contributed by atoms with Gasteiger partial charge in [0.25, 0.3) is 0 Å². The molecule has 96 valence electrons. The lowest BCUT2D eigenvalue weighted by molar-refractivity contribution is 0.349. The lowest BCUT2D eigenvalue weighted by atomic mass is 10.3. The third-order valence-corrected chi connectivity index (χ3v) is 5.98. The molecule has 3 nitrogen and oxygen atoms in total. The minimum atomic E-state index is -3.10. The highest BCUT2D eigenvalue weighted by Crippen LogP contribution is 2.28. The van der Waals surface area contributed by atoms with E-state index < -0.39 is 10.0 Å². The summed E-state index contributed by atoms with van der Waals surface area (Å²) in [6, 6.07) is 0.0359. The Morgan fingerprint density at radius 2 is 1.88 bits per heavy atom. The summed E-state index contributed by atoms with van der Waals surface area (Å²) in [5.41, 5.74) is 0. The summed E-state index contributed by atoms with van der Waals surface area (Å²) in [4.78, 5) is 0. The zero-order chi connectivity index (χ0) is 12.2. The second-order valence-corrected chi connectivity index (χ2v) is 7.24. The molecule has 0 aliphatic heterocycles. The Labute approximate surface area is 104 Å². The zero-order valence-electron chi connectivity index (χ0n) is 10.2. The predicted octanol–water partition coefficient (Wildman–Crippen LogP) is 2.60. The van der Waals surface area contributed by atoms with E-state index in [9.17, 15) is 8.42 Å². The fourth-order valence-electron chi connectivity index (χ4n) is 2.27. The van der Waals surface area contributed by atoms with Gasteiger partial charge in [0.1, 0.15) is 0 Å². The average molecular weight is 268 g/mol. The maximum absolute atomic E-state index is 12.4. The smallest absolute Gasteiger partial charge is 0.212 e. The van der Waals surface area contributed by atoms with Crippen molar-refractivity contribution in [3.8, 4) is 0 Å². The van der Waals surface area contributed by atoms with Crippen molar-refractivity contribution in [2.45, 2.75) is 57.2 Å². The van der Waals surface area contributed by atoms with E-state index >= 15 is 0 Å². The molecule has 1 rings (SSSR count). The van der Waals surface area contributed by atoms with Gasteiger partial charge < -0.3 is 0 Å². The molecule has 0 bridgehead atoms. The molecule has 1 fully saturated rings. The number of alkyl halides is 1. The molecule has 0 atom stereocenters. The number of nitrogens with zero attached hydrogens (tertiary/aromatic N) is 1. The van der Waals surface area contributed by atoms with Crippen LogP contribution in [0.15, 0.2) is 0 Å². The molecule has 5 heteroatoms. The molecule has 16 heavy (non-hydrogen) atoms. The molecule has 0 aromatic heterocycles. The van der Waals surface area contributed by atoms with E-state index in [4.69, 9.17) is 11.6 Å². The van der Waals surface area contributed by atoms with Gasteiger partial charge in [-0.15, -0.1) is 11.6 Å². The predicted molar refractivity (Wildman–Crippen MR) is 68.4 cm³/mol. The average Bonchev–Trinajstić information content (AvgIpc) is 2.70. The summed E-state index contributed by atoms with van der Waals surface area (Å²) in [7, 11) is -3.10. The fraction of sp³-hybridized carbons (Fsp3) is 1.00. The van der Waals surface area contributed by atoms with Crippen LogP contribution in [0.1, 0.15) is 46.0 Å². The first kappa shape index (κ1) is 14.3. The number of halogens is 1. The molecule has 0 heterocycles. The SMILES string of the molecule is CC(C)N(CCCCl)S(=O)(=O)C1CCCC1. The van der Waals surface area contributed by atoms with Gasteiger partial charge in [-0.05, 0) is 33.1 Å². The minimum Gasteiger partial charge on any atom is -0.212 e. The van der Waals surface area contributed by atoms with E-state index in [0.717, 1.165) is 32.1 Å². The first-order chi connectivity index (χ1) is 7.50. The highest BCUT2D eigenvalue weighted by Gasteiger charge is 2.34. The molecule has 1 aliphatic rings. The second kappa shape index (κ2) is 6.22. The summed E-state index contributed by atoms with van der Waals surface area (Å²) in [5, 5.41) is -0.148. The van der Waals surface area contributed by atoms with Crippen LogP contribution in [0.3, 0.4) is 0 Å². The molecule has 0 spiro atoms. The van der Waals surface area contributed by atoms with Gasteiger partial charge in [-0.1, -0.05) is 12.8 Å². The number of sulfonamides is 1. The van der Waals surface area contributed by atoms with Crippen molar-refractivity contribution in [3.63, 3.8) is 0 Å². The molecule has 0 saturated heterocycles. The van der Waals surface area contributed by atoms with E-state index in [2.05, 4.69) is 0 Å². The molecule has 0 N–H and O–H groups in total. The van der Waals surface area contributed by atoms with E-state index in [1.165, 1.54) is 0 Å². The van der Waals surface area contributed by atoms with Gasteiger partial charge >= 0.3 is 0 Å². The molecule has 0 radical (unpaired) electrons. The van der Waals surface area contributed by atoms with Crippen LogP contribution in [0, 0.1) is 0 Å². The van der Waals surface area contributed by atoms with Crippen LogP contribution in [0.5, 0.6) is 0 Å². The van der Waals surface area contributed by atoms with E-state index in [-0.39, 0.29) is 11.3 Å². The number of rotatable bonds is 6. The van der Waals surface area contributed by atoms with Crippen LogP contribution in [0.25, 0.3) is 0 Å². The van der Waals surface area contributed by atoms with E-state index in [1.807, 2.05) is 13.8 Å². The maximum atomic E-state index is 12.4. The van der Waals surface area contributed by atoms with Crippen molar-refractivity contribution >= 4 is 21.6 Å². The molecule has 0 aromatic rings. The molecular formula is C11H22ClNO2S. The van der Waals surface area contributed by atoms with Crippen molar-refractivity contribution in [2.75, 3.05) is 12.4 Å². The zero-order valence-corrected chi connectivity index (χ0v) is 11.7. The normalized spacial score (nSPS) is 18.8. The van der Waals surface area contributed by atoms with Crippen LogP contribution in [0.4, 0.5) is 0 Å². The molecule has 0 amide bonds. The van der Waals surface area contributed by atoms with Crippen molar-refractivity contribution < 1.29 is 8.42 Å². The number of hydrogen-bond donors (Lipinski definition) is 0. The topological polar surface area (TPSA) is 37.4 Å². The first-order valence-corrected chi connectivity index (χ1v) is 8.10. The third kappa shape index (κ3) is 3.34. The van der Waals surface area contributed by atoms with E-state index in [1.54, 1.807) is 4.31 Å². The lowest BCUT2D eigenvalue weighted by Crippen LogP contribution is -2.42. The van der Waals surface area contributed by atoms with Crippen LogP contribution in [-0.2, 0) is 10.0 Å². The molecular weight excluding hydrogens is 246 g/mol. The Morgan fingerprint density at radius 3 is 2.31 bits per heavy atom. The molecule has 0 unspecified atom stereocenters. The minimum absolute atomic E-state index is 0.0359. The summed E-state index contributed by atoms with van der Waals surface area (Å²) < 4.78 is 26.4. The summed E-state index contributed by atoms with van der Waals surface area (Å²) in [6.45, 7) is 4.42. The molecule has 1 saturated carbocycles. The van der Waals surface area contributed by atoms with E-state index in [0.29, 0.717) is 12.4 Å². The Bertz CT molecular complexity index is 297. The fourth-order valence-corrected chi connectivity index (χ4v) is 4.68. The van der Waals surface area contributed by atoms with Crippen LogP contribution >= 0.6 is 11.6 Å². The van der Waals surface area contributed by atoms with Gasteiger partial charge in [0.2, 0.25) is 10.0 Å². The third-order valence-electron chi connectivity index (χ3n) is 3.14. The van der Waals surface area contributed by atoms with Gasteiger partial charge in [0.15, 0.2) is 0 Å². The summed E-state index contributed by atoms with van der Waals surface area (Å²) >= 11 is 5.64. The maximum Gasteiger partial charge on any atom is 0.217 e. The van der Waals surface area contributed by atoms with Crippen molar-refractivity contribution in [1.82, 2.24) is 4.31 Å². The highest BCUT2D eigenvalue weighted by atomic mass is 35.5. The standard InChI is InChI=1S/C11H22ClNO2S/c1-10(2)13(9-5-8-12)16(14,15)11-6-3-4-7-11/h10-11H,3-9H2,1-2H3. The monoisotopic (exact) mass is 267 g/mol. The van der Waals surface area contributed by atoms with Crippen molar-refractivity contribution in [1.29, 1.82) is 0 Å². The van der Waals surface area contributed by atoms with Crippen molar-refractivity contribution in [3.05, 3.63) is 0 Å². The number of hydrogen-bond acceptors (Lipinski definition) is 2. The van der Waals surface area contributed by atoms with Crippen molar-refractivity contribution in [2.24, 2.45) is 0 Å². The Kier molecular flexibility index (Phi) is 5.54. The Morgan fingerprint density at radius 1 is 1.31 bits per heavy atom. The lowest BCUT2D eigenvalue weighted by Gasteiger charge is -2.28. The van der Waals surface area contributed by atoms with Gasteiger partial charge in [-0.25, -0.2) is 8.42 Å². The summed E-state index contributed by atoms with van der Waals surface area (Å²) in [6.07, 6.45) is 4.47. The van der Waals surface area contributed by atoms with Crippen LogP contribution < -0.4 is 0 Å². The highest BCUT2D eigenvalue weighted by molar-refractivity contribution is 7.89. The van der Waals surface area contributed by atoms with Gasteiger partial charge in [0, 0.05) is 18.5 Å². The van der Waals surface area contributed by atoms with Gasteiger partial charge in [-0.2, -0.15) is 4.31 Å². The van der Waals surface area contributed by atoms with Crippen LogP contribution in [0.2, 0.25) is 0 Å². The van der Waals surface area contributed by atoms with Crippen LogP contribution in [-0.4, -0.2) is 36.4 Å². The second-order valence-electron chi connectivity index (χ2n) is 4.70. The molecule has 1 aliphatic carbocycles. The molecule has 0 aromatic carbocycles. The summed E-state index contributed by atoms with van der Waals surface area (Å²) in [5.74, 6) is 0.517. The Balaban J connectivity index is 2.74. The Hall–Kier alpha value is 0.200. The largest absolute Gasteiger partial charge is 0.217 e. The van der Waals surface area contributed by atoms with Gasteiger partial charge in [-0.3, -0.25) is 0 Å². The first-order valence-electron chi connectivity index (χ1n) is 6.06.